The van der Waals surface area contributed by atoms with E-state index in [1.54, 1.807) is 0 Å². The molecule has 2 aromatic rings. The van der Waals surface area contributed by atoms with Crippen molar-refractivity contribution in [2.24, 2.45) is 5.73 Å². The van der Waals surface area contributed by atoms with Gasteiger partial charge in [0.15, 0.2) is 0 Å². The first-order valence-electron chi connectivity index (χ1n) is 9.74. The number of nitrogens with two attached hydrogens (primary N) is 1. The Balaban J connectivity index is 1.81. The van der Waals surface area contributed by atoms with E-state index in [9.17, 15) is 9.59 Å². The average molecular weight is 359 g/mol. The molecule has 1 amide bonds. The summed E-state index contributed by atoms with van der Waals surface area (Å²) < 4.78 is 1.81. The number of hydrogen-bond acceptors (Lipinski definition) is 3. The summed E-state index contributed by atoms with van der Waals surface area (Å²) in [5, 5.41) is 0. The van der Waals surface area contributed by atoms with Gasteiger partial charge in [0, 0.05) is 24.2 Å². The lowest BCUT2D eigenvalue weighted by Crippen LogP contribution is -2.49. The van der Waals surface area contributed by atoms with Crippen LogP contribution < -0.4 is 11.3 Å². The average Bonchev–Trinajstić information content (AvgIpc) is 3.21. The van der Waals surface area contributed by atoms with E-state index >= 15 is 0 Å². The molecule has 4 heterocycles. The minimum Gasteiger partial charge on any atom is -0.373 e. The van der Waals surface area contributed by atoms with E-state index in [1.165, 1.54) is 11.1 Å². The second kappa shape index (κ2) is 4.71. The molecular formula is C22H21N3O2. The van der Waals surface area contributed by atoms with Crippen LogP contribution in [0.4, 0.5) is 0 Å². The number of carbonyl (C=O) groups is 1. The second-order valence-electron chi connectivity index (χ2n) is 8.20. The first-order valence-corrected chi connectivity index (χ1v) is 9.74. The molecule has 5 heteroatoms. The Kier molecular flexibility index (Phi) is 2.66. The van der Waals surface area contributed by atoms with Crippen molar-refractivity contribution >= 4 is 5.91 Å². The molecule has 1 aliphatic carbocycles. The van der Waals surface area contributed by atoms with Crippen LogP contribution in [-0.2, 0) is 5.41 Å². The molecule has 1 fully saturated rings. The molecule has 27 heavy (non-hydrogen) atoms. The van der Waals surface area contributed by atoms with E-state index in [2.05, 4.69) is 30.2 Å². The maximum Gasteiger partial charge on any atom is 0.268 e. The molecule has 2 bridgehead atoms. The highest BCUT2D eigenvalue weighted by Crippen LogP contribution is 2.61. The summed E-state index contributed by atoms with van der Waals surface area (Å²) in [6.07, 6.45) is 5.35. The van der Waals surface area contributed by atoms with Crippen molar-refractivity contribution in [1.29, 1.82) is 0 Å². The van der Waals surface area contributed by atoms with Gasteiger partial charge in [0.05, 0.1) is 11.1 Å². The largest absolute Gasteiger partial charge is 0.373 e. The second-order valence-corrected chi connectivity index (χ2v) is 8.20. The third kappa shape index (κ3) is 1.54. The van der Waals surface area contributed by atoms with Crippen molar-refractivity contribution in [1.82, 2.24) is 9.47 Å². The van der Waals surface area contributed by atoms with Crippen LogP contribution in [-0.4, -0.2) is 28.0 Å². The van der Waals surface area contributed by atoms with E-state index in [1.807, 2.05) is 22.8 Å². The highest BCUT2D eigenvalue weighted by molar-refractivity contribution is 5.93. The van der Waals surface area contributed by atoms with Crippen molar-refractivity contribution < 1.29 is 4.79 Å². The van der Waals surface area contributed by atoms with Crippen LogP contribution in [0, 0.1) is 0 Å². The summed E-state index contributed by atoms with van der Waals surface area (Å²) in [7, 11) is 0. The molecule has 0 radical (unpaired) electrons. The number of rotatable bonds is 2. The quantitative estimate of drug-likeness (QED) is 0.895. The van der Waals surface area contributed by atoms with Gasteiger partial charge in [-0.05, 0) is 54.3 Å². The van der Waals surface area contributed by atoms with Crippen molar-refractivity contribution in [2.45, 2.75) is 43.6 Å². The number of carbonyl (C=O) groups excluding carboxylic acids is 1. The smallest absolute Gasteiger partial charge is 0.268 e. The fourth-order valence-electron chi connectivity index (χ4n) is 6.27. The third-order valence-electron chi connectivity index (χ3n) is 7.30. The maximum absolute atomic E-state index is 13.3. The van der Waals surface area contributed by atoms with Gasteiger partial charge >= 0.3 is 0 Å². The lowest BCUT2D eigenvalue weighted by atomic mass is 9.61. The molecule has 3 atom stereocenters. The van der Waals surface area contributed by atoms with Gasteiger partial charge in [-0.1, -0.05) is 25.1 Å². The van der Waals surface area contributed by atoms with Gasteiger partial charge in [-0.25, -0.2) is 0 Å². The molecule has 4 aliphatic rings. The van der Waals surface area contributed by atoms with Crippen LogP contribution in [0.1, 0.15) is 59.3 Å². The zero-order valence-corrected chi connectivity index (χ0v) is 15.2. The molecule has 0 unspecified atom stereocenters. The number of aromatic nitrogens is 1. The number of pyridine rings is 1. The van der Waals surface area contributed by atoms with E-state index in [0.29, 0.717) is 6.04 Å². The Bertz CT molecular complexity index is 1130. The first kappa shape index (κ1) is 15.3. The number of allylic oxidation sites excluding steroid dienone is 1. The fraction of sp³-hybridized carbons (Fsp3) is 0.364. The van der Waals surface area contributed by atoms with Crippen molar-refractivity contribution in [3.8, 4) is 5.69 Å². The standard InChI is InChI=1S/C22H21N3O2/c1-2-12-11-24-8-7-22-16-5-3-4-6-17(16)25-19(22)14(13(12)10-18(22)24)9-15(20(23)26)21(25)27/h3-6,9,11,13,18H,2,7-8,10H2,1H3,(H2,23,26)/t13-,18+,22-/m1/s1. The Labute approximate surface area is 157 Å². The monoisotopic (exact) mass is 359 g/mol. The van der Waals surface area contributed by atoms with E-state index in [4.69, 9.17) is 5.73 Å². The molecular weight excluding hydrogens is 338 g/mol. The van der Waals surface area contributed by atoms with Crippen LogP contribution in [0.2, 0.25) is 0 Å². The predicted octanol–water partition coefficient (Wildman–Crippen LogP) is 2.41. The number of amides is 1. The van der Waals surface area contributed by atoms with Crippen LogP contribution in [0.25, 0.3) is 5.69 Å². The van der Waals surface area contributed by atoms with E-state index in [0.717, 1.165) is 42.8 Å². The lowest BCUT2D eigenvalue weighted by molar-refractivity contribution is 0.0998. The summed E-state index contributed by atoms with van der Waals surface area (Å²) in [5.74, 6) is -0.380. The molecule has 0 saturated carbocycles. The lowest BCUT2D eigenvalue weighted by Gasteiger charge is -2.47. The highest BCUT2D eigenvalue weighted by Gasteiger charge is 2.60. The topological polar surface area (TPSA) is 68.3 Å². The fourth-order valence-corrected chi connectivity index (χ4v) is 6.27. The molecule has 1 aromatic carbocycles. The van der Waals surface area contributed by atoms with Crippen molar-refractivity contribution in [2.75, 3.05) is 6.54 Å². The van der Waals surface area contributed by atoms with Crippen LogP contribution >= 0.6 is 0 Å². The Morgan fingerprint density at radius 3 is 2.93 bits per heavy atom. The minimum absolute atomic E-state index is 0.106. The van der Waals surface area contributed by atoms with E-state index in [-0.39, 0.29) is 22.5 Å². The van der Waals surface area contributed by atoms with Gasteiger partial charge in [0.1, 0.15) is 5.56 Å². The molecule has 5 nitrogen and oxygen atoms in total. The highest BCUT2D eigenvalue weighted by atomic mass is 16.2. The van der Waals surface area contributed by atoms with Gasteiger partial charge in [-0.15, -0.1) is 0 Å². The summed E-state index contributed by atoms with van der Waals surface area (Å²) in [4.78, 5) is 27.8. The number of nitrogens with zero attached hydrogens (tertiary/aromatic N) is 2. The van der Waals surface area contributed by atoms with E-state index < -0.39 is 5.91 Å². The number of benzene rings is 1. The summed E-state index contributed by atoms with van der Waals surface area (Å²) in [5.41, 5.74) is 11.1. The number of fused-ring (bicyclic) bond motifs is 4. The van der Waals surface area contributed by atoms with Crippen molar-refractivity contribution in [3.63, 3.8) is 0 Å². The molecule has 6 rings (SSSR count). The zero-order chi connectivity index (χ0) is 18.5. The Hall–Kier alpha value is -2.82. The molecule has 1 spiro atoms. The number of hydrogen-bond donors (Lipinski definition) is 1. The minimum atomic E-state index is -0.641. The first-order chi connectivity index (χ1) is 13.1. The van der Waals surface area contributed by atoms with Gasteiger partial charge in [0.2, 0.25) is 0 Å². The van der Waals surface area contributed by atoms with Crippen LogP contribution in [0.5, 0.6) is 0 Å². The summed E-state index contributed by atoms with van der Waals surface area (Å²) in [6.45, 7) is 3.18. The van der Waals surface area contributed by atoms with Gasteiger partial charge in [0.25, 0.3) is 11.5 Å². The van der Waals surface area contributed by atoms with Crippen LogP contribution in [0.3, 0.4) is 0 Å². The normalized spacial score (nSPS) is 28.6. The Morgan fingerprint density at radius 1 is 1.33 bits per heavy atom. The zero-order valence-electron chi connectivity index (χ0n) is 15.2. The number of para-hydroxylation sites is 1. The molecule has 3 aliphatic heterocycles. The number of primary amides is 1. The Morgan fingerprint density at radius 2 is 2.15 bits per heavy atom. The molecule has 2 N–H and O–H groups in total. The van der Waals surface area contributed by atoms with Gasteiger partial charge < -0.3 is 10.6 Å². The molecule has 136 valence electrons. The van der Waals surface area contributed by atoms with Crippen LogP contribution in [0.15, 0.2) is 46.9 Å². The van der Waals surface area contributed by atoms with Gasteiger partial charge in [-0.2, -0.15) is 0 Å². The molecule has 1 aromatic heterocycles. The summed E-state index contributed by atoms with van der Waals surface area (Å²) >= 11 is 0. The maximum atomic E-state index is 13.3. The van der Waals surface area contributed by atoms with Gasteiger partial charge in [-0.3, -0.25) is 14.2 Å². The predicted molar refractivity (Wildman–Crippen MR) is 102 cm³/mol. The SMILES string of the molecule is CCC1=CN2CC[C@]34c5ccccc5-n5c3c(cc(C(N)=O)c5=O)[C@@H]1C[C@H]24. The summed E-state index contributed by atoms with van der Waals surface area (Å²) in [6, 6.07) is 10.4. The molecule has 1 saturated heterocycles. The van der Waals surface area contributed by atoms with Crippen molar-refractivity contribution in [3.05, 3.63) is 74.8 Å². The third-order valence-corrected chi connectivity index (χ3v) is 7.30.